The Morgan fingerprint density at radius 2 is 2.09 bits per heavy atom. The van der Waals surface area contributed by atoms with E-state index in [9.17, 15) is 4.79 Å². The molecule has 0 aromatic rings. The van der Waals surface area contributed by atoms with Crippen LogP contribution in [0.15, 0.2) is 0 Å². The Morgan fingerprint density at radius 3 is 2.45 bits per heavy atom. The number of hydrogen-bond acceptors (Lipinski definition) is 2. The summed E-state index contributed by atoms with van der Waals surface area (Å²) in [6.45, 7) is 8.21. The average Bonchev–Trinajstić information content (AvgIpc) is 2.19. The molecule has 1 heterocycles. The maximum Gasteiger partial charge on any atom is 0.213 e. The smallest absolute Gasteiger partial charge is 0.213 e. The van der Waals surface area contributed by atoms with Crippen LogP contribution >= 0.6 is 0 Å². The fourth-order valence-electron chi connectivity index (χ4n) is 1.80. The van der Waals surface area contributed by atoms with Gasteiger partial charge in [-0.3, -0.25) is 9.69 Å². The quantitative estimate of drug-likeness (QED) is 0.593. The second-order valence-corrected chi connectivity index (χ2v) is 3.65. The summed E-state index contributed by atoms with van der Waals surface area (Å²) < 4.78 is 0. The van der Waals surface area contributed by atoms with Crippen molar-refractivity contribution < 1.29 is 4.79 Å². The first-order valence-electron chi connectivity index (χ1n) is 4.26. The molecule has 1 saturated heterocycles. The van der Waals surface area contributed by atoms with Crippen LogP contribution in [0.1, 0.15) is 20.8 Å². The van der Waals surface area contributed by atoms with E-state index in [2.05, 4.69) is 25.7 Å². The third kappa shape index (κ3) is 1.62. The van der Waals surface area contributed by atoms with E-state index in [0.717, 1.165) is 12.5 Å². The van der Waals surface area contributed by atoms with E-state index in [1.54, 1.807) is 0 Å². The van der Waals surface area contributed by atoms with Crippen LogP contribution in [0.25, 0.3) is 0 Å². The summed E-state index contributed by atoms with van der Waals surface area (Å²) in [5.41, 5.74) is 0. The molecule has 0 aromatic carbocycles. The average molecular weight is 154 g/mol. The molecule has 1 rings (SSSR count). The second kappa shape index (κ2) is 3.35. The van der Waals surface area contributed by atoms with Crippen molar-refractivity contribution in [2.75, 3.05) is 13.1 Å². The molecule has 11 heavy (non-hydrogen) atoms. The molecule has 1 aliphatic rings. The zero-order valence-corrected chi connectivity index (χ0v) is 7.50. The molecule has 0 spiro atoms. The molecule has 2 heteroatoms. The molecular formula is C9H16NO. The zero-order chi connectivity index (χ0) is 8.43. The van der Waals surface area contributed by atoms with E-state index in [4.69, 9.17) is 0 Å². The molecule has 2 nitrogen and oxygen atoms in total. The van der Waals surface area contributed by atoms with Gasteiger partial charge in [0, 0.05) is 12.6 Å². The van der Waals surface area contributed by atoms with Gasteiger partial charge in [-0.05, 0) is 18.8 Å². The molecule has 0 bridgehead atoms. The predicted octanol–water partition coefficient (Wildman–Crippen LogP) is 1.07. The third-order valence-electron chi connectivity index (χ3n) is 3.02. The summed E-state index contributed by atoms with van der Waals surface area (Å²) in [5.74, 6) is 1.43. The van der Waals surface area contributed by atoms with Gasteiger partial charge in [0.05, 0.1) is 6.54 Å². The van der Waals surface area contributed by atoms with E-state index >= 15 is 0 Å². The maximum atomic E-state index is 10.2. The van der Waals surface area contributed by atoms with Crippen molar-refractivity contribution in [3.05, 3.63) is 0 Å². The first kappa shape index (κ1) is 8.72. The lowest BCUT2D eigenvalue weighted by Gasteiger charge is -2.19. The van der Waals surface area contributed by atoms with E-state index in [0.29, 0.717) is 18.5 Å². The van der Waals surface area contributed by atoms with Crippen LogP contribution in [0.4, 0.5) is 0 Å². The molecule has 1 aliphatic heterocycles. The Kier molecular flexibility index (Phi) is 2.66. The number of rotatable bonds is 2. The molecule has 3 unspecified atom stereocenters. The molecule has 3 atom stereocenters. The minimum Gasteiger partial charge on any atom is -0.292 e. The highest BCUT2D eigenvalue weighted by Gasteiger charge is 2.32. The molecule has 0 aliphatic carbocycles. The fraction of sp³-hybridized carbons (Fsp3) is 0.889. The van der Waals surface area contributed by atoms with Gasteiger partial charge in [0.2, 0.25) is 6.29 Å². The lowest BCUT2D eigenvalue weighted by atomic mass is 9.95. The Morgan fingerprint density at radius 1 is 1.45 bits per heavy atom. The van der Waals surface area contributed by atoms with Crippen LogP contribution in [0.3, 0.4) is 0 Å². The molecule has 63 valence electrons. The van der Waals surface area contributed by atoms with Crippen LogP contribution in [0, 0.1) is 11.8 Å². The van der Waals surface area contributed by atoms with Crippen molar-refractivity contribution in [3.63, 3.8) is 0 Å². The second-order valence-electron chi connectivity index (χ2n) is 3.65. The highest BCUT2D eigenvalue weighted by molar-refractivity contribution is 5.53. The van der Waals surface area contributed by atoms with Crippen molar-refractivity contribution in [1.82, 2.24) is 4.90 Å². The molecule has 0 saturated carbocycles. The SMILES string of the molecule is CC1CN(C[C]=O)C(C)C1C. The predicted molar refractivity (Wildman–Crippen MR) is 45.1 cm³/mol. The van der Waals surface area contributed by atoms with Gasteiger partial charge in [-0.1, -0.05) is 13.8 Å². The van der Waals surface area contributed by atoms with E-state index in [1.165, 1.54) is 0 Å². The minimum absolute atomic E-state index is 0.482. The topological polar surface area (TPSA) is 20.3 Å². The fourth-order valence-corrected chi connectivity index (χ4v) is 1.80. The maximum absolute atomic E-state index is 10.2. The first-order chi connectivity index (χ1) is 5.16. The van der Waals surface area contributed by atoms with E-state index < -0.39 is 0 Å². The van der Waals surface area contributed by atoms with Crippen molar-refractivity contribution in [2.24, 2.45) is 11.8 Å². The number of hydrogen-bond donors (Lipinski definition) is 0. The van der Waals surface area contributed by atoms with Gasteiger partial charge >= 0.3 is 0 Å². The van der Waals surface area contributed by atoms with Crippen molar-refractivity contribution >= 4 is 6.29 Å². The lowest BCUT2D eigenvalue weighted by Crippen LogP contribution is -2.30. The van der Waals surface area contributed by atoms with Crippen LogP contribution in [0.5, 0.6) is 0 Å². The molecular weight excluding hydrogens is 138 g/mol. The first-order valence-corrected chi connectivity index (χ1v) is 4.26. The van der Waals surface area contributed by atoms with Crippen LogP contribution < -0.4 is 0 Å². The lowest BCUT2D eigenvalue weighted by molar-refractivity contribution is 0.277. The van der Waals surface area contributed by atoms with Gasteiger partial charge in [-0.2, -0.15) is 0 Å². The van der Waals surface area contributed by atoms with Crippen molar-refractivity contribution in [1.29, 1.82) is 0 Å². The Labute approximate surface area is 68.6 Å². The largest absolute Gasteiger partial charge is 0.292 e. The van der Waals surface area contributed by atoms with Gasteiger partial charge in [0.25, 0.3) is 0 Å². The van der Waals surface area contributed by atoms with Crippen molar-refractivity contribution in [2.45, 2.75) is 26.8 Å². The van der Waals surface area contributed by atoms with E-state index in [1.807, 2.05) is 6.29 Å². The van der Waals surface area contributed by atoms with Crippen LogP contribution in [-0.2, 0) is 4.79 Å². The molecule has 0 N–H and O–H groups in total. The Bertz CT molecular complexity index is 146. The zero-order valence-electron chi connectivity index (χ0n) is 7.50. The van der Waals surface area contributed by atoms with Gasteiger partial charge < -0.3 is 0 Å². The standard InChI is InChI=1S/C9H16NO/c1-7-6-10(4-5-11)9(3)8(7)2/h7-9H,4,6H2,1-3H3. The van der Waals surface area contributed by atoms with E-state index in [-0.39, 0.29) is 0 Å². The third-order valence-corrected chi connectivity index (χ3v) is 3.02. The number of carbonyl (C=O) groups excluding carboxylic acids is 1. The highest BCUT2D eigenvalue weighted by atomic mass is 16.1. The monoisotopic (exact) mass is 154 g/mol. The van der Waals surface area contributed by atoms with Crippen LogP contribution in [0.2, 0.25) is 0 Å². The number of nitrogens with zero attached hydrogens (tertiary/aromatic N) is 1. The molecule has 0 amide bonds. The van der Waals surface area contributed by atoms with Gasteiger partial charge in [0.1, 0.15) is 0 Å². The van der Waals surface area contributed by atoms with Crippen molar-refractivity contribution in [3.8, 4) is 0 Å². The minimum atomic E-state index is 0.482. The highest BCUT2D eigenvalue weighted by Crippen LogP contribution is 2.27. The summed E-state index contributed by atoms with van der Waals surface area (Å²) in [7, 11) is 0. The van der Waals surface area contributed by atoms with Gasteiger partial charge in [-0.15, -0.1) is 0 Å². The summed E-state index contributed by atoms with van der Waals surface area (Å²) in [4.78, 5) is 12.3. The summed E-state index contributed by atoms with van der Waals surface area (Å²) in [6.07, 6.45) is 1.96. The molecule has 1 radical (unpaired) electrons. The van der Waals surface area contributed by atoms with Gasteiger partial charge in [0.15, 0.2) is 0 Å². The Hall–Kier alpha value is -0.370. The summed E-state index contributed by atoms with van der Waals surface area (Å²) in [5, 5.41) is 0. The molecule has 1 fully saturated rings. The number of likely N-dealkylation sites (tertiary alicyclic amines) is 1. The van der Waals surface area contributed by atoms with Gasteiger partial charge in [-0.25, -0.2) is 0 Å². The Balaban J connectivity index is 2.51. The van der Waals surface area contributed by atoms with Crippen LogP contribution in [-0.4, -0.2) is 30.3 Å². The molecule has 0 aromatic heterocycles. The summed E-state index contributed by atoms with van der Waals surface area (Å²) in [6, 6.07) is 0.548. The normalized spacial score (nSPS) is 39.4. The summed E-state index contributed by atoms with van der Waals surface area (Å²) >= 11 is 0.